The first kappa shape index (κ1) is 58.2. The van der Waals surface area contributed by atoms with Crippen molar-refractivity contribution in [1.82, 2.24) is 0 Å². The van der Waals surface area contributed by atoms with Crippen LogP contribution in [0.15, 0.2) is 0 Å². The molecule has 0 atom stereocenters. The van der Waals surface area contributed by atoms with Crippen LogP contribution in [0.25, 0.3) is 0 Å². The third kappa shape index (κ3) is 10.3. The summed E-state index contributed by atoms with van der Waals surface area (Å²) < 4.78 is 0. The molecule has 0 amide bonds. The van der Waals surface area contributed by atoms with Gasteiger partial charge in [0.05, 0.1) is 0 Å². The van der Waals surface area contributed by atoms with Crippen LogP contribution >= 0.6 is 0 Å². The normalized spacial score (nSPS) is 0. The van der Waals surface area contributed by atoms with Gasteiger partial charge in [0.2, 0.25) is 0 Å². The van der Waals surface area contributed by atoms with Gasteiger partial charge < -0.3 is 11.0 Å². The van der Waals surface area contributed by atoms with Crippen LogP contribution < -0.4 is 0 Å². The molecule has 0 aromatic heterocycles. The van der Waals surface area contributed by atoms with Crippen LogP contribution in [0.1, 0.15) is 0 Å². The molecule has 0 aromatic carbocycles. The van der Waals surface area contributed by atoms with E-state index in [1.807, 2.05) is 0 Å². The molecule has 0 spiro atoms. The molecule has 0 saturated carbocycles. The van der Waals surface area contributed by atoms with Crippen molar-refractivity contribution in [3.05, 3.63) is 0 Å². The molecule has 0 unspecified atom stereocenters. The van der Waals surface area contributed by atoms with E-state index in [9.17, 15) is 0 Å². The summed E-state index contributed by atoms with van der Waals surface area (Å²) in [7, 11) is 0. The van der Waals surface area contributed by atoms with E-state index in [2.05, 4.69) is 0 Å². The van der Waals surface area contributed by atoms with Gasteiger partial charge in [-0.2, -0.15) is 0 Å². The van der Waals surface area contributed by atoms with Gasteiger partial charge in [0, 0.05) is 21.1 Å². The van der Waals surface area contributed by atoms with Crippen molar-refractivity contribution in [3.8, 4) is 0 Å². The molecule has 0 saturated heterocycles. The molecule has 0 radical (unpaired) electrons. The maximum Gasteiger partial charge on any atom is 4.00 e. The zero-order chi connectivity index (χ0) is 0. The molecule has 0 N–H and O–H groups in total. The molecular formula is MoO2Pt. The van der Waals surface area contributed by atoms with Crippen molar-refractivity contribution in [2.45, 2.75) is 0 Å². The van der Waals surface area contributed by atoms with Crippen LogP contribution in [0, 0.1) is 0 Å². The summed E-state index contributed by atoms with van der Waals surface area (Å²) in [6.07, 6.45) is 0. The van der Waals surface area contributed by atoms with Crippen molar-refractivity contribution in [2.75, 3.05) is 0 Å². The number of hydrogen-bond donors (Lipinski definition) is 0. The van der Waals surface area contributed by atoms with E-state index in [-0.39, 0.29) is 53.1 Å². The maximum absolute atomic E-state index is 0. The van der Waals surface area contributed by atoms with E-state index in [1.165, 1.54) is 0 Å². The van der Waals surface area contributed by atoms with Crippen molar-refractivity contribution in [1.29, 1.82) is 0 Å². The van der Waals surface area contributed by atoms with Gasteiger partial charge in [-0.05, 0) is 0 Å². The van der Waals surface area contributed by atoms with Gasteiger partial charge in [0.1, 0.15) is 0 Å². The van der Waals surface area contributed by atoms with Crippen molar-refractivity contribution >= 4 is 0 Å². The molecule has 4 heavy (non-hydrogen) atoms. The standard InChI is InChI=1S/Mo.2O.Pt/q;2*-2;+4. The average molecular weight is 323 g/mol. The third-order valence-electron chi connectivity index (χ3n) is 0. The smallest absolute Gasteiger partial charge is 2.00 e. The summed E-state index contributed by atoms with van der Waals surface area (Å²) in [5, 5.41) is 0. The van der Waals surface area contributed by atoms with Crippen LogP contribution in [-0.4, -0.2) is 0 Å². The van der Waals surface area contributed by atoms with E-state index in [1.54, 1.807) is 0 Å². The Morgan fingerprint density at radius 3 is 0.750 bits per heavy atom. The quantitative estimate of drug-likeness (QED) is 0.553. The first-order valence-corrected chi connectivity index (χ1v) is 0. The molecule has 0 aliphatic heterocycles. The number of hydrogen-bond acceptors (Lipinski definition) is 0. The van der Waals surface area contributed by atoms with E-state index in [0.717, 1.165) is 0 Å². The summed E-state index contributed by atoms with van der Waals surface area (Å²) in [5.41, 5.74) is 0. The Labute approximate surface area is 53.1 Å². The molecular weight excluding hydrogens is 323 g/mol. The second kappa shape index (κ2) is 27.8. The zero-order valence-electron chi connectivity index (χ0n) is 1.54. The van der Waals surface area contributed by atoms with Gasteiger partial charge in [-0.3, -0.25) is 0 Å². The predicted molar refractivity (Wildman–Crippen MR) is 1.37 cm³/mol. The largest absolute Gasteiger partial charge is 4.00 e. The van der Waals surface area contributed by atoms with Crippen molar-refractivity contribution in [2.24, 2.45) is 0 Å². The van der Waals surface area contributed by atoms with Crippen LogP contribution in [0.2, 0.25) is 0 Å². The second-order valence-electron chi connectivity index (χ2n) is 0. The summed E-state index contributed by atoms with van der Waals surface area (Å²) in [6.45, 7) is 0. The molecule has 2 nitrogen and oxygen atoms in total. The van der Waals surface area contributed by atoms with Crippen LogP contribution in [-0.2, 0) is 53.1 Å². The maximum atomic E-state index is 0. The SMILES string of the molecule is [Mo].[O-2].[O-2].[Pt+4]. The van der Waals surface area contributed by atoms with E-state index >= 15 is 0 Å². The zero-order valence-corrected chi connectivity index (χ0v) is 5.82. The monoisotopic (exact) mass is 325 g/mol. The topological polar surface area (TPSA) is 57.0 Å². The fourth-order valence-corrected chi connectivity index (χ4v) is 0. The van der Waals surface area contributed by atoms with Gasteiger partial charge in [0.15, 0.2) is 0 Å². The summed E-state index contributed by atoms with van der Waals surface area (Å²) in [5.74, 6) is 0. The van der Waals surface area contributed by atoms with Crippen LogP contribution in [0.3, 0.4) is 0 Å². The van der Waals surface area contributed by atoms with Crippen molar-refractivity contribution < 1.29 is 53.1 Å². The minimum atomic E-state index is 0. The van der Waals surface area contributed by atoms with Gasteiger partial charge >= 0.3 is 21.1 Å². The molecule has 28 valence electrons. The molecule has 0 aliphatic rings. The molecule has 0 aliphatic carbocycles. The summed E-state index contributed by atoms with van der Waals surface area (Å²) >= 11 is 0. The molecule has 0 bridgehead atoms. The van der Waals surface area contributed by atoms with E-state index in [4.69, 9.17) is 0 Å². The Balaban J connectivity index is 0. The predicted octanol–water partition coefficient (Wildman–Crippen LogP) is -0.243. The molecule has 0 fully saturated rings. The minimum absolute atomic E-state index is 0. The Morgan fingerprint density at radius 1 is 0.750 bits per heavy atom. The molecule has 0 aromatic rings. The van der Waals surface area contributed by atoms with E-state index < -0.39 is 0 Å². The van der Waals surface area contributed by atoms with Gasteiger partial charge in [0.25, 0.3) is 0 Å². The first-order chi connectivity index (χ1) is 0. The van der Waals surface area contributed by atoms with Gasteiger partial charge in [-0.1, -0.05) is 0 Å². The van der Waals surface area contributed by atoms with Gasteiger partial charge in [-0.25, -0.2) is 0 Å². The Hall–Kier alpha value is 1.30. The average Bonchev–Trinajstić information content (AvgIpc) is 0. The molecule has 4 heteroatoms. The number of rotatable bonds is 0. The Kier molecular flexibility index (Phi) is 404. The Morgan fingerprint density at radius 2 is 0.750 bits per heavy atom. The molecule has 0 rings (SSSR count). The van der Waals surface area contributed by atoms with Crippen molar-refractivity contribution in [3.63, 3.8) is 0 Å². The van der Waals surface area contributed by atoms with Gasteiger partial charge in [-0.15, -0.1) is 0 Å². The second-order valence-corrected chi connectivity index (χ2v) is 0. The Bertz CT molecular complexity index is 6.00. The fourth-order valence-electron chi connectivity index (χ4n) is 0. The summed E-state index contributed by atoms with van der Waals surface area (Å²) in [6, 6.07) is 0. The van der Waals surface area contributed by atoms with E-state index in [0.29, 0.717) is 0 Å². The minimum Gasteiger partial charge on any atom is -2.00 e. The van der Waals surface area contributed by atoms with Crippen LogP contribution in [0.5, 0.6) is 0 Å². The first-order valence-electron chi connectivity index (χ1n) is 0. The summed E-state index contributed by atoms with van der Waals surface area (Å²) in [4.78, 5) is 0. The third-order valence-corrected chi connectivity index (χ3v) is 0. The molecule has 0 heterocycles. The fraction of sp³-hybridized carbons (Fsp3) is 0. The van der Waals surface area contributed by atoms with Crippen LogP contribution in [0.4, 0.5) is 0 Å².